The molecule has 0 saturated carbocycles. The number of carbonyl (C=O) groups excluding carboxylic acids is 2. The molecular formula is C12H12O3S. The Balaban J connectivity index is 2.43. The zero-order valence-electron chi connectivity index (χ0n) is 8.88. The van der Waals surface area contributed by atoms with Crippen LogP contribution < -0.4 is 0 Å². The van der Waals surface area contributed by atoms with Gasteiger partial charge in [-0.15, -0.1) is 11.3 Å². The summed E-state index contributed by atoms with van der Waals surface area (Å²) in [5.74, 6) is -0.473. The van der Waals surface area contributed by atoms with E-state index >= 15 is 0 Å². The maximum atomic E-state index is 11.4. The van der Waals surface area contributed by atoms with Crippen molar-refractivity contribution in [3.05, 3.63) is 46.7 Å². The van der Waals surface area contributed by atoms with Gasteiger partial charge < -0.3 is 4.74 Å². The predicted octanol–water partition coefficient (Wildman–Crippen LogP) is 2.61. The molecule has 1 aromatic rings. The quantitative estimate of drug-likeness (QED) is 0.341. The second-order valence-electron chi connectivity index (χ2n) is 2.81. The van der Waals surface area contributed by atoms with Crippen molar-refractivity contribution in [2.24, 2.45) is 0 Å². The van der Waals surface area contributed by atoms with Crippen LogP contribution in [0.4, 0.5) is 0 Å². The molecule has 0 fully saturated rings. The molecule has 0 unspecified atom stereocenters. The number of hydrogen-bond donors (Lipinski definition) is 0. The van der Waals surface area contributed by atoms with E-state index in [1.807, 2.05) is 11.4 Å². The number of hydrogen-bond acceptors (Lipinski definition) is 4. The summed E-state index contributed by atoms with van der Waals surface area (Å²) in [6, 6.07) is 3.58. The third kappa shape index (κ3) is 4.23. The smallest absolute Gasteiger partial charge is 0.330 e. The molecule has 0 aromatic carbocycles. The van der Waals surface area contributed by atoms with Crippen molar-refractivity contribution in [1.82, 2.24) is 0 Å². The molecule has 84 valence electrons. The Morgan fingerprint density at radius 1 is 1.38 bits per heavy atom. The normalized spacial score (nSPS) is 11.1. The standard InChI is InChI=1S/C12H12O3S/c1-2-15-12(14)8-4-3-6-10(13)11-7-5-9-16-11/h3-9H,2H2,1H3/b6-3+,8-4-. The van der Waals surface area contributed by atoms with Gasteiger partial charge in [0.1, 0.15) is 0 Å². The van der Waals surface area contributed by atoms with E-state index in [1.165, 1.54) is 35.6 Å². The molecule has 0 N–H and O–H groups in total. The van der Waals surface area contributed by atoms with E-state index in [9.17, 15) is 9.59 Å². The minimum absolute atomic E-state index is 0.0662. The van der Waals surface area contributed by atoms with Crippen LogP contribution in [-0.4, -0.2) is 18.4 Å². The summed E-state index contributed by atoms with van der Waals surface area (Å²) in [6.07, 6.45) is 5.71. The summed E-state index contributed by atoms with van der Waals surface area (Å²) in [6.45, 7) is 2.09. The molecule has 0 radical (unpaired) electrons. The fourth-order valence-corrected chi connectivity index (χ4v) is 1.61. The highest BCUT2D eigenvalue weighted by Gasteiger charge is 2.00. The summed E-state index contributed by atoms with van der Waals surface area (Å²) in [5.41, 5.74) is 0. The number of ether oxygens (including phenoxy) is 1. The van der Waals surface area contributed by atoms with Crippen LogP contribution in [0, 0.1) is 0 Å². The van der Waals surface area contributed by atoms with Gasteiger partial charge >= 0.3 is 5.97 Å². The zero-order chi connectivity index (χ0) is 11.8. The Morgan fingerprint density at radius 3 is 2.75 bits per heavy atom. The van der Waals surface area contributed by atoms with Gasteiger partial charge in [0.25, 0.3) is 0 Å². The summed E-state index contributed by atoms with van der Waals surface area (Å²) in [5, 5.41) is 1.84. The summed E-state index contributed by atoms with van der Waals surface area (Å²) >= 11 is 1.39. The topological polar surface area (TPSA) is 43.4 Å². The van der Waals surface area contributed by atoms with Crippen LogP contribution in [0.3, 0.4) is 0 Å². The van der Waals surface area contributed by atoms with Gasteiger partial charge in [0.2, 0.25) is 0 Å². The third-order valence-corrected chi connectivity index (χ3v) is 2.53. The Hall–Kier alpha value is -1.68. The maximum absolute atomic E-state index is 11.4. The van der Waals surface area contributed by atoms with Crippen LogP contribution in [-0.2, 0) is 9.53 Å². The Bertz CT molecular complexity index is 402. The van der Waals surface area contributed by atoms with E-state index in [0.29, 0.717) is 11.5 Å². The lowest BCUT2D eigenvalue weighted by Gasteiger charge is -1.92. The first-order valence-electron chi connectivity index (χ1n) is 4.83. The van der Waals surface area contributed by atoms with Crippen molar-refractivity contribution in [3.8, 4) is 0 Å². The lowest BCUT2D eigenvalue weighted by atomic mass is 10.3. The van der Waals surface area contributed by atoms with Gasteiger partial charge in [-0.3, -0.25) is 4.79 Å². The van der Waals surface area contributed by atoms with Crippen molar-refractivity contribution in [2.45, 2.75) is 6.92 Å². The van der Waals surface area contributed by atoms with Gasteiger partial charge in [-0.05, 0) is 24.4 Å². The molecule has 0 spiro atoms. The Kier molecular flexibility index (Phi) is 5.22. The fraction of sp³-hybridized carbons (Fsp3) is 0.167. The monoisotopic (exact) mass is 236 g/mol. The fourth-order valence-electron chi connectivity index (χ4n) is 0.968. The lowest BCUT2D eigenvalue weighted by Crippen LogP contribution is -1.98. The molecule has 4 heteroatoms. The lowest BCUT2D eigenvalue weighted by molar-refractivity contribution is -0.137. The van der Waals surface area contributed by atoms with E-state index in [0.717, 1.165) is 0 Å². The number of rotatable bonds is 5. The van der Waals surface area contributed by atoms with Crippen LogP contribution in [0.15, 0.2) is 41.8 Å². The van der Waals surface area contributed by atoms with Crippen molar-refractivity contribution >= 4 is 23.1 Å². The molecule has 0 aliphatic carbocycles. The van der Waals surface area contributed by atoms with E-state index in [2.05, 4.69) is 4.74 Å². The molecular weight excluding hydrogens is 224 g/mol. The van der Waals surface area contributed by atoms with Crippen molar-refractivity contribution in [3.63, 3.8) is 0 Å². The van der Waals surface area contributed by atoms with Gasteiger partial charge in [0, 0.05) is 6.08 Å². The van der Waals surface area contributed by atoms with Gasteiger partial charge in [0.05, 0.1) is 11.5 Å². The Morgan fingerprint density at radius 2 is 2.12 bits per heavy atom. The largest absolute Gasteiger partial charge is 0.463 e. The highest BCUT2D eigenvalue weighted by Crippen LogP contribution is 2.09. The number of ketones is 1. The van der Waals surface area contributed by atoms with Gasteiger partial charge in [-0.25, -0.2) is 4.79 Å². The Labute approximate surface area is 98.0 Å². The SMILES string of the molecule is CCOC(=O)/C=C\C=C\C(=O)c1cccs1. The van der Waals surface area contributed by atoms with Crippen LogP contribution in [0.1, 0.15) is 16.6 Å². The molecule has 0 saturated heterocycles. The van der Waals surface area contributed by atoms with Gasteiger partial charge in [-0.2, -0.15) is 0 Å². The first-order valence-corrected chi connectivity index (χ1v) is 5.71. The average molecular weight is 236 g/mol. The molecule has 1 heterocycles. The summed E-state index contributed by atoms with van der Waals surface area (Å²) in [4.78, 5) is 23.0. The van der Waals surface area contributed by atoms with Crippen LogP contribution in [0.25, 0.3) is 0 Å². The van der Waals surface area contributed by atoms with E-state index in [-0.39, 0.29) is 5.78 Å². The molecule has 3 nitrogen and oxygen atoms in total. The van der Waals surface area contributed by atoms with E-state index in [4.69, 9.17) is 0 Å². The zero-order valence-corrected chi connectivity index (χ0v) is 9.70. The number of esters is 1. The predicted molar refractivity (Wildman–Crippen MR) is 63.6 cm³/mol. The third-order valence-electron chi connectivity index (χ3n) is 1.64. The minimum Gasteiger partial charge on any atom is -0.463 e. The molecule has 16 heavy (non-hydrogen) atoms. The first-order chi connectivity index (χ1) is 7.74. The molecule has 0 aliphatic heterocycles. The van der Waals surface area contributed by atoms with Crippen molar-refractivity contribution in [1.29, 1.82) is 0 Å². The minimum atomic E-state index is -0.407. The van der Waals surface area contributed by atoms with E-state index in [1.54, 1.807) is 13.0 Å². The molecule has 0 bridgehead atoms. The van der Waals surface area contributed by atoms with Crippen molar-refractivity contribution in [2.75, 3.05) is 6.61 Å². The first kappa shape index (κ1) is 12.4. The van der Waals surface area contributed by atoms with Crippen LogP contribution in [0.2, 0.25) is 0 Å². The number of allylic oxidation sites excluding steroid dienone is 3. The molecule has 0 aliphatic rings. The van der Waals surface area contributed by atoms with Crippen LogP contribution in [0.5, 0.6) is 0 Å². The van der Waals surface area contributed by atoms with Crippen LogP contribution >= 0.6 is 11.3 Å². The van der Waals surface area contributed by atoms with Gasteiger partial charge in [-0.1, -0.05) is 18.2 Å². The average Bonchev–Trinajstić information content (AvgIpc) is 2.78. The highest BCUT2D eigenvalue weighted by molar-refractivity contribution is 7.12. The van der Waals surface area contributed by atoms with Crippen molar-refractivity contribution < 1.29 is 14.3 Å². The molecule has 1 rings (SSSR count). The highest BCUT2D eigenvalue weighted by atomic mass is 32.1. The molecule has 1 aromatic heterocycles. The number of thiophene rings is 1. The maximum Gasteiger partial charge on any atom is 0.330 e. The summed E-state index contributed by atoms with van der Waals surface area (Å²) < 4.78 is 4.68. The second kappa shape index (κ2) is 6.74. The number of carbonyl (C=O) groups is 2. The van der Waals surface area contributed by atoms with E-state index < -0.39 is 5.97 Å². The molecule has 0 atom stereocenters. The second-order valence-corrected chi connectivity index (χ2v) is 3.76. The molecule has 0 amide bonds. The summed E-state index contributed by atoms with van der Waals surface area (Å²) in [7, 11) is 0. The van der Waals surface area contributed by atoms with Gasteiger partial charge in [0.15, 0.2) is 5.78 Å².